The van der Waals surface area contributed by atoms with Gasteiger partial charge in [-0.05, 0) is 116 Å². The first-order valence-corrected chi connectivity index (χ1v) is 19.4. The fourth-order valence-corrected chi connectivity index (χ4v) is 3.47. The monoisotopic (exact) mass is 827 g/mol. The number of ketones is 1. The van der Waals surface area contributed by atoms with Gasteiger partial charge in [0.15, 0.2) is 5.78 Å². The van der Waals surface area contributed by atoms with E-state index in [4.69, 9.17) is 27.5 Å². The van der Waals surface area contributed by atoms with Gasteiger partial charge in [0.05, 0.1) is 6.54 Å². The van der Waals surface area contributed by atoms with Crippen LogP contribution in [-0.4, -0.2) is 89.7 Å². The second kappa shape index (κ2) is 45.7. The molecule has 0 aliphatic heterocycles. The fraction of sp³-hybridized carbons (Fsp3) is 0.610. The first-order valence-electron chi connectivity index (χ1n) is 19.0. The molecule has 3 amide bonds. The smallest absolute Gasteiger partial charge is 0.303 e. The number of nitrogens with zero attached hydrogens (tertiary/aromatic N) is 1. The van der Waals surface area contributed by atoms with Crippen molar-refractivity contribution in [2.45, 2.75) is 131 Å². The number of carbonyl (C=O) groups is 7. The number of nitrogens with one attached hydrogen (secondary N) is 3. The Bertz CT molecular complexity index is 1180. The summed E-state index contributed by atoms with van der Waals surface area (Å²) in [6.45, 7) is 25.2. The molecule has 15 nitrogen and oxygen atoms in total. The van der Waals surface area contributed by atoms with Crippen LogP contribution in [0.5, 0.6) is 0 Å². The third-order valence-electron chi connectivity index (χ3n) is 6.84. The van der Waals surface area contributed by atoms with Crippen molar-refractivity contribution in [1.29, 1.82) is 0 Å². The molecule has 0 aromatic rings. The summed E-state index contributed by atoms with van der Waals surface area (Å²) >= 11 is 5.16. The highest BCUT2D eigenvalue weighted by molar-refractivity contribution is 6.63. The molecule has 7 N–H and O–H groups in total. The minimum atomic E-state index is -0.768. The number of hydrogen-bond acceptors (Lipinski definition) is 10. The molecular formula is C41H70ClN5O10. The van der Waals surface area contributed by atoms with E-state index in [0.717, 1.165) is 70.6 Å². The van der Waals surface area contributed by atoms with E-state index in [1.807, 2.05) is 0 Å². The number of nitrogens with two attached hydrogens (primary N) is 1. The molecule has 0 rings (SSSR count). The molecule has 16 heteroatoms. The number of hydrogen-bond donors (Lipinski definition) is 6. The van der Waals surface area contributed by atoms with Crippen molar-refractivity contribution in [2.24, 2.45) is 10.7 Å². The number of unbranched alkanes of at least 4 members (excludes halogenated alkanes) is 8. The van der Waals surface area contributed by atoms with Gasteiger partial charge in [-0.2, -0.15) is 0 Å². The lowest BCUT2D eigenvalue weighted by atomic mass is 10.2. The lowest BCUT2D eigenvalue weighted by Gasteiger charge is -2.03. The van der Waals surface area contributed by atoms with Crippen LogP contribution in [0.2, 0.25) is 0 Å². The number of carboxylic acid groups (broad SMARTS) is 2. The van der Waals surface area contributed by atoms with Crippen LogP contribution >= 0.6 is 11.6 Å². The quantitative estimate of drug-likeness (QED) is 0.0177. The van der Waals surface area contributed by atoms with E-state index in [-0.39, 0.29) is 41.6 Å². The Morgan fingerprint density at radius 1 is 0.544 bits per heavy atom. The predicted molar refractivity (Wildman–Crippen MR) is 226 cm³/mol. The van der Waals surface area contributed by atoms with Crippen LogP contribution in [0.15, 0.2) is 53.6 Å². The Hall–Kier alpha value is -4.72. The van der Waals surface area contributed by atoms with Gasteiger partial charge < -0.3 is 31.9 Å². The van der Waals surface area contributed by atoms with Crippen LogP contribution in [0, 0.1) is 0 Å². The Kier molecular flexibility index (Phi) is 49.3. The predicted octanol–water partition coefficient (Wildman–Crippen LogP) is 6.25. The molecule has 0 spiro atoms. The van der Waals surface area contributed by atoms with Crippen LogP contribution in [0.25, 0.3) is 0 Å². The molecule has 0 fully saturated rings. The molecule has 0 aromatic heterocycles. The molecule has 326 valence electrons. The van der Waals surface area contributed by atoms with E-state index in [1.165, 1.54) is 13.0 Å². The molecule has 0 unspecified atom stereocenters. The lowest BCUT2D eigenvalue weighted by molar-refractivity contribution is -0.138. The highest BCUT2D eigenvalue weighted by Gasteiger charge is 2.02. The summed E-state index contributed by atoms with van der Waals surface area (Å²) in [5, 5.41) is 24.4. The van der Waals surface area contributed by atoms with Gasteiger partial charge in [0.25, 0.3) is 0 Å². The molecule has 0 radical (unpaired) electrons. The summed E-state index contributed by atoms with van der Waals surface area (Å²) in [5.74, 6) is -1.77. The standard InChI is InChI=1S/C10H16ClNO2.C10H16N2O2.C10H17NO3.C6H13NO2.C5H8O/c1-8(2)10(14)12-7-5-3-4-6-9(11)13;1-9(2)10(14)12-7-5-3-4-6-11-8-13;1-8(2)10(14)11-7-5-3-4-6-9(12)13;7-5-3-1-2-4-6(8)9;1-4(2)5(3)6/h2*1,3-7H2,2H3,(H,12,14);1,3-7H2,2H3,(H,11,14)(H,12,13);1-5,7H2,(H,8,9);1H2,2-3H3. The van der Waals surface area contributed by atoms with Gasteiger partial charge in [-0.25, -0.2) is 9.79 Å². The number of carbonyl (C=O) groups excluding carboxylic acids is 6. The number of Topliss-reactive ketones (excluding diaryl/α,β-unsaturated/α-hetero) is 1. The molecule has 0 saturated heterocycles. The number of carboxylic acids is 2. The maximum Gasteiger partial charge on any atom is 0.303 e. The normalized spacial score (nSPS) is 9.18. The number of rotatable bonds is 27. The van der Waals surface area contributed by atoms with Crippen molar-refractivity contribution in [1.82, 2.24) is 16.0 Å². The van der Waals surface area contributed by atoms with Crippen LogP contribution in [0.3, 0.4) is 0 Å². The zero-order chi connectivity index (χ0) is 45.0. The second-order valence-electron chi connectivity index (χ2n) is 12.8. The summed E-state index contributed by atoms with van der Waals surface area (Å²) in [5.41, 5.74) is 7.35. The first-order chi connectivity index (χ1) is 26.7. The number of halogens is 1. The topological polar surface area (TPSA) is 251 Å². The number of amides is 3. The fourth-order valence-electron chi connectivity index (χ4n) is 3.34. The van der Waals surface area contributed by atoms with Gasteiger partial charge in [-0.3, -0.25) is 33.6 Å². The number of allylic oxidation sites excluding steroid dienone is 1. The van der Waals surface area contributed by atoms with Crippen LogP contribution < -0.4 is 21.7 Å². The molecule has 0 aliphatic rings. The van der Waals surface area contributed by atoms with Crippen molar-refractivity contribution in [3.63, 3.8) is 0 Å². The van der Waals surface area contributed by atoms with Crippen molar-refractivity contribution in [3.8, 4) is 0 Å². The van der Waals surface area contributed by atoms with Crippen LogP contribution in [0.1, 0.15) is 131 Å². The molecule has 0 heterocycles. The van der Waals surface area contributed by atoms with Gasteiger partial charge in [0, 0.05) is 55.6 Å². The first kappa shape index (κ1) is 61.5. The van der Waals surface area contributed by atoms with Gasteiger partial charge in [-0.15, -0.1) is 0 Å². The summed E-state index contributed by atoms with van der Waals surface area (Å²) in [7, 11) is 0. The van der Waals surface area contributed by atoms with Crippen LogP contribution in [-0.2, 0) is 38.4 Å². The molecule has 0 aromatic carbocycles. The minimum Gasteiger partial charge on any atom is -0.481 e. The lowest BCUT2D eigenvalue weighted by Crippen LogP contribution is -2.24. The zero-order valence-electron chi connectivity index (χ0n) is 35.0. The average molecular weight is 828 g/mol. The molecule has 57 heavy (non-hydrogen) atoms. The second-order valence-corrected chi connectivity index (χ2v) is 13.3. The molecule has 0 bridgehead atoms. The molecule has 0 aliphatic carbocycles. The van der Waals surface area contributed by atoms with Crippen molar-refractivity contribution in [2.75, 3.05) is 32.7 Å². The van der Waals surface area contributed by atoms with Crippen LogP contribution in [0.4, 0.5) is 0 Å². The van der Waals surface area contributed by atoms with E-state index in [9.17, 15) is 38.4 Å². The van der Waals surface area contributed by atoms with Gasteiger partial charge >= 0.3 is 11.9 Å². The number of aliphatic carboxylic acids is 2. The Labute approximate surface area is 345 Å². The Morgan fingerprint density at radius 3 is 1.12 bits per heavy atom. The Morgan fingerprint density at radius 2 is 0.860 bits per heavy atom. The number of aliphatic imine (C=N–C) groups is 1. The summed E-state index contributed by atoms with van der Waals surface area (Å²) in [4.78, 5) is 86.6. The van der Waals surface area contributed by atoms with E-state index in [0.29, 0.717) is 67.9 Å². The highest BCUT2D eigenvalue weighted by Crippen LogP contribution is 2.02. The largest absolute Gasteiger partial charge is 0.481 e. The van der Waals surface area contributed by atoms with Crippen molar-refractivity contribution < 1.29 is 48.6 Å². The number of isocyanates is 1. The SMILES string of the molecule is C=C(C)C(=O)NCCCCCC(=O)Cl.C=C(C)C(=O)NCCCCCC(=O)O.C=C(C)C(=O)NCCCCCN=C=O.C=C(C)C(C)=O.NCCCCCC(=O)O. The third-order valence-corrected chi connectivity index (χ3v) is 7.03. The van der Waals surface area contributed by atoms with Gasteiger partial charge in [0.1, 0.15) is 0 Å². The van der Waals surface area contributed by atoms with Crippen molar-refractivity contribution in [3.05, 3.63) is 48.6 Å². The third kappa shape index (κ3) is 63.5. The minimum absolute atomic E-state index is 0.0648. The molecule has 0 atom stereocenters. The summed E-state index contributed by atoms with van der Waals surface area (Å²) < 4.78 is 0. The maximum absolute atomic E-state index is 11.0. The van der Waals surface area contributed by atoms with Crippen molar-refractivity contribution >= 4 is 58.4 Å². The van der Waals surface area contributed by atoms with E-state index in [1.54, 1.807) is 27.7 Å². The van der Waals surface area contributed by atoms with E-state index < -0.39 is 11.9 Å². The zero-order valence-corrected chi connectivity index (χ0v) is 35.8. The highest BCUT2D eigenvalue weighted by atomic mass is 35.5. The maximum atomic E-state index is 11.0. The van der Waals surface area contributed by atoms with Gasteiger partial charge in [0.2, 0.25) is 29.0 Å². The average Bonchev–Trinajstić information content (AvgIpc) is 3.12. The van der Waals surface area contributed by atoms with Gasteiger partial charge in [-0.1, -0.05) is 45.6 Å². The summed E-state index contributed by atoms with van der Waals surface area (Å²) in [6, 6.07) is 0. The molecule has 0 saturated carbocycles. The van der Waals surface area contributed by atoms with E-state index in [2.05, 4.69) is 47.3 Å². The Balaban J connectivity index is -0.000000203. The van der Waals surface area contributed by atoms with E-state index >= 15 is 0 Å². The summed E-state index contributed by atoms with van der Waals surface area (Å²) in [6.07, 6.45) is 12.6. The molecular weight excluding hydrogens is 758 g/mol.